The summed E-state index contributed by atoms with van der Waals surface area (Å²) < 4.78 is 46.5. The van der Waals surface area contributed by atoms with Crippen molar-refractivity contribution in [2.75, 3.05) is 11.9 Å². The maximum atomic E-state index is 13.8. The third kappa shape index (κ3) is 7.20. The minimum Gasteiger partial charge on any atom is -0.444 e. The summed E-state index contributed by atoms with van der Waals surface area (Å²) in [5.74, 6) is 0. The number of amides is 1. The first kappa shape index (κ1) is 27.7. The summed E-state index contributed by atoms with van der Waals surface area (Å²) in [6.07, 6.45) is -5.71. The van der Waals surface area contributed by atoms with Crippen molar-refractivity contribution in [1.82, 2.24) is 5.32 Å². The Bertz CT molecular complexity index is 1010. The molecule has 0 radical (unpaired) electrons. The van der Waals surface area contributed by atoms with E-state index >= 15 is 0 Å². The minimum absolute atomic E-state index is 0.0439. The number of anilines is 1. The fourth-order valence-corrected chi connectivity index (χ4v) is 3.52. The third-order valence-corrected chi connectivity index (χ3v) is 5.90. The summed E-state index contributed by atoms with van der Waals surface area (Å²) in [4.78, 5) is 11.8. The van der Waals surface area contributed by atoms with Crippen LogP contribution >= 0.6 is 46.4 Å². The molecule has 0 bridgehead atoms. The van der Waals surface area contributed by atoms with Gasteiger partial charge in [0.25, 0.3) is 0 Å². The van der Waals surface area contributed by atoms with E-state index < -0.39 is 35.6 Å². The van der Waals surface area contributed by atoms with Gasteiger partial charge in [-0.05, 0) is 56.2 Å². The lowest BCUT2D eigenvalue weighted by Gasteiger charge is -2.32. The second-order valence-corrected chi connectivity index (χ2v) is 9.73. The van der Waals surface area contributed by atoms with Crippen molar-refractivity contribution in [3.63, 3.8) is 0 Å². The summed E-state index contributed by atoms with van der Waals surface area (Å²) in [6.45, 7) is 4.23. The molecule has 0 spiro atoms. The van der Waals surface area contributed by atoms with Crippen molar-refractivity contribution in [3.8, 4) is 0 Å². The monoisotopic (exact) mass is 546 g/mol. The van der Waals surface area contributed by atoms with Crippen molar-refractivity contribution in [2.24, 2.45) is 0 Å². The van der Waals surface area contributed by atoms with Gasteiger partial charge < -0.3 is 20.5 Å². The molecule has 1 atom stereocenters. The number of nitrogens with one attached hydrogen (secondary N) is 2. The molecule has 2 rings (SSSR count). The highest BCUT2D eigenvalue weighted by atomic mass is 35.5. The molecule has 0 heterocycles. The second-order valence-electron chi connectivity index (χ2n) is 8.13. The molecule has 0 aliphatic heterocycles. The molecular formula is C21H21Cl4F3N2O3. The van der Waals surface area contributed by atoms with Crippen LogP contribution in [0.5, 0.6) is 0 Å². The summed E-state index contributed by atoms with van der Waals surface area (Å²) in [5, 5.41) is 15.2. The van der Waals surface area contributed by atoms with Gasteiger partial charge in [-0.15, -0.1) is 0 Å². The smallest absolute Gasteiger partial charge is 0.423 e. The Morgan fingerprint density at radius 2 is 1.58 bits per heavy atom. The topological polar surface area (TPSA) is 70.6 Å². The first-order chi connectivity index (χ1) is 15.0. The predicted octanol–water partition coefficient (Wildman–Crippen LogP) is 7.19. The van der Waals surface area contributed by atoms with Gasteiger partial charge >= 0.3 is 12.3 Å². The number of ether oxygens (including phenoxy) is 1. The first-order valence-corrected chi connectivity index (χ1v) is 11.0. The standard InChI is InChI=1S/C21H21Cl4F3N2O3/c1-19(2,3)33-18(31)29-9-11-4-5-13(8-14(11)22)30-10-20(32,21(26,27)28)12-6-15(23)17(25)16(24)7-12/h4-8,30,32H,9-10H2,1-3H3,(H,29,31)/t20-/m1/s1. The van der Waals surface area contributed by atoms with Crippen molar-refractivity contribution >= 4 is 58.2 Å². The fraction of sp³-hybridized carbons (Fsp3) is 0.381. The van der Waals surface area contributed by atoms with E-state index in [1.807, 2.05) is 0 Å². The van der Waals surface area contributed by atoms with Gasteiger partial charge in [-0.25, -0.2) is 4.79 Å². The molecular weight excluding hydrogens is 527 g/mol. The molecule has 3 N–H and O–H groups in total. The maximum Gasteiger partial charge on any atom is 0.423 e. The molecule has 2 aromatic carbocycles. The Hall–Kier alpha value is -1.58. The van der Waals surface area contributed by atoms with Gasteiger partial charge in [0.15, 0.2) is 0 Å². The van der Waals surface area contributed by atoms with E-state index in [0.29, 0.717) is 5.56 Å². The van der Waals surface area contributed by atoms with E-state index in [0.717, 1.165) is 12.1 Å². The second kappa shape index (κ2) is 10.4. The number of alkyl halides is 3. The summed E-state index contributed by atoms with van der Waals surface area (Å²) in [7, 11) is 0. The van der Waals surface area contributed by atoms with Crippen LogP contribution in [0.1, 0.15) is 31.9 Å². The Labute approximate surface area is 209 Å². The number of carbonyl (C=O) groups excluding carboxylic acids is 1. The molecule has 12 heteroatoms. The number of rotatable bonds is 6. The van der Waals surface area contributed by atoms with Gasteiger partial charge in [0.1, 0.15) is 5.60 Å². The molecule has 0 unspecified atom stereocenters. The third-order valence-electron chi connectivity index (χ3n) is 4.35. The van der Waals surface area contributed by atoms with Crippen molar-refractivity contribution in [1.29, 1.82) is 0 Å². The van der Waals surface area contributed by atoms with E-state index in [1.165, 1.54) is 18.2 Å². The zero-order valence-electron chi connectivity index (χ0n) is 17.7. The van der Waals surface area contributed by atoms with Crippen LogP contribution in [-0.2, 0) is 16.9 Å². The molecule has 33 heavy (non-hydrogen) atoms. The Morgan fingerprint density at radius 3 is 2.06 bits per heavy atom. The van der Waals surface area contributed by atoms with E-state index in [9.17, 15) is 23.1 Å². The lowest BCUT2D eigenvalue weighted by molar-refractivity contribution is -0.260. The van der Waals surface area contributed by atoms with Crippen LogP contribution in [0.15, 0.2) is 30.3 Å². The fourth-order valence-electron chi connectivity index (χ4n) is 2.67. The number of halogens is 7. The van der Waals surface area contributed by atoms with Gasteiger partial charge in [-0.1, -0.05) is 52.5 Å². The summed E-state index contributed by atoms with van der Waals surface area (Å²) in [5.41, 5.74) is -3.86. The molecule has 0 fully saturated rings. The quantitative estimate of drug-likeness (QED) is 0.335. The molecule has 5 nitrogen and oxygen atoms in total. The normalized spacial score (nSPS) is 13.9. The molecule has 182 valence electrons. The average molecular weight is 548 g/mol. The molecule has 0 aliphatic carbocycles. The number of carbonyl (C=O) groups is 1. The lowest BCUT2D eigenvalue weighted by Crippen LogP contribution is -2.47. The first-order valence-electron chi connectivity index (χ1n) is 9.47. The predicted molar refractivity (Wildman–Crippen MR) is 124 cm³/mol. The van der Waals surface area contributed by atoms with E-state index in [-0.39, 0.29) is 32.3 Å². The highest BCUT2D eigenvalue weighted by Crippen LogP contribution is 2.43. The van der Waals surface area contributed by atoms with Gasteiger partial charge in [0.2, 0.25) is 5.60 Å². The van der Waals surface area contributed by atoms with Crippen LogP contribution in [0.25, 0.3) is 0 Å². The molecule has 0 saturated heterocycles. The SMILES string of the molecule is CC(C)(C)OC(=O)NCc1ccc(NC[C@@](O)(c2cc(Cl)c(Cl)c(Cl)c2)C(F)(F)F)cc1Cl. The maximum absolute atomic E-state index is 13.8. The number of hydrogen-bond donors (Lipinski definition) is 3. The van der Waals surface area contributed by atoms with Gasteiger partial charge in [-0.2, -0.15) is 13.2 Å². The van der Waals surface area contributed by atoms with Crippen LogP contribution < -0.4 is 10.6 Å². The molecule has 1 amide bonds. The zero-order chi connectivity index (χ0) is 25.2. The Morgan fingerprint density at radius 1 is 1.00 bits per heavy atom. The average Bonchev–Trinajstić information content (AvgIpc) is 2.66. The van der Waals surface area contributed by atoms with Gasteiger partial charge in [0.05, 0.1) is 21.6 Å². The van der Waals surface area contributed by atoms with Gasteiger partial charge in [0, 0.05) is 17.3 Å². The van der Waals surface area contributed by atoms with Crippen LogP contribution in [0.3, 0.4) is 0 Å². The minimum atomic E-state index is -5.07. The van der Waals surface area contributed by atoms with Crippen LogP contribution in [0, 0.1) is 0 Å². The van der Waals surface area contributed by atoms with E-state index in [4.69, 9.17) is 51.1 Å². The van der Waals surface area contributed by atoms with Crippen LogP contribution in [0.2, 0.25) is 20.1 Å². The van der Waals surface area contributed by atoms with Crippen molar-refractivity contribution < 1.29 is 27.8 Å². The van der Waals surface area contributed by atoms with E-state index in [2.05, 4.69) is 10.6 Å². The van der Waals surface area contributed by atoms with Crippen molar-refractivity contribution in [3.05, 3.63) is 61.5 Å². The van der Waals surface area contributed by atoms with Gasteiger partial charge in [-0.3, -0.25) is 0 Å². The molecule has 0 saturated carbocycles. The number of alkyl carbamates (subject to hydrolysis) is 1. The van der Waals surface area contributed by atoms with Crippen LogP contribution in [-0.4, -0.2) is 29.5 Å². The van der Waals surface area contributed by atoms with E-state index in [1.54, 1.807) is 20.8 Å². The van der Waals surface area contributed by atoms with Crippen LogP contribution in [0.4, 0.5) is 23.7 Å². The number of hydrogen-bond acceptors (Lipinski definition) is 4. The molecule has 0 aromatic heterocycles. The summed E-state index contributed by atoms with van der Waals surface area (Å²) in [6, 6.07) is 6.15. The molecule has 0 aliphatic rings. The Kier molecular flexibility index (Phi) is 8.68. The number of benzene rings is 2. The highest BCUT2D eigenvalue weighted by molar-refractivity contribution is 6.48. The largest absolute Gasteiger partial charge is 0.444 e. The zero-order valence-corrected chi connectivity index (χ0v) is 20.7. The lowest BCUT2D eigenvalue weighted by atomic mass is 9.92. The molecule has 2 aromatic rings. The Balaban J connectivity index is 2.17. The highest BCUT2D eigenvalue weighted by Gasteiger charge is 2.55. The van der Waals surface area contributed by atoms with Crippen molar-refractivity contribution in [2.45, 2.75) is 44.7 Å². The summed E-state index contributed by atoms with van der Waals surface area (Å²) >= 11 is 23.7. The number of aliphatic hydroxyl groups is 1.